The number of rotatable bonds is 8. The van der Waals surface area contributed by atoms with Crippen LogP contribution in [-0.2, 0) is 11.2 Å². The summed E-state index contributed by atoms with van der Waals surface area (Å²) in [4.78, 5) is 0. The normalized spacial score (nSPS) is 20.2. The number of aryl methyl sites for hydroxylation is 1. The molecule has 1 heterocycles. The molecule has 1 fully saturated rings. The lowest BCUT2D eigenvalue weighted by Gasteiger charge is -2.22. The zero-order valence-electron chi connectivity index (χ0n) is 13.0. The summed E-state index contributed by atoms with van der Waals surface area (Å²) >= 11 is 0. The van der Waals surface area contributed by atoms with Gasteiger partial charge < -0.3 is 10.1 Å². The summed E-state index contributed by atoms with van der Waals surface area (Å²) < 4.78 is 5.52. The Labute approximate surface area is 123 Å². The molecule has 0 radical (unpaired) electrons. The molecule has 0 aromatic heterocycles. The number of benzene rings is 1. The van der Waals surface area contributed by atoms with Gasteiger partial charge in [-0.25, -0.2) is 0 Å². The summed E-state index contributed by atoms with van der Waals surface area (Å²) in [6.07, 6.45) is 6.01. The van der Waals surface area contributed by atoms with Gasteiger partial charge in [0.1, 0.15) is 0 Å². The van der Waals surface area contributed by atoms with E-state index in [0.717, 1.165) is 25.7 Å². The molecule has 0 amide bonds. The van der Waals surface area contributed by atoms with Crippen molar-refractivity contribution in [3.63, 3.8) is 0 Å². The van der Waals surface area contributed by atoms with Crippen molar-refractivity contribution < 1.29 is 4.74 Å². The quantitative estimate of drug-likeness (QED) is 0.771. The molecule has 1 aromatic carbocycles. The van der Waals surface area contributed by atoms with Gasteiger partial charge in [-0.3, -0.25) is 0 Å². The van der Waals surface area contributed by atoms with Gasteiger partial charge in [-0.2, -0.15) is 0 Å². The second-order valence-electron chi connectivity index (χ2n) is 5.96. The number of hydrogen-bond acceptors (Lipinski definition) is 2. The first-order valence-electron chi connectivity index (χ1n) is 8.23. The van der Waals surface area contributed by atoms with Gasteiger partial charge in [0.15, 0.2) is 0 Å². The highest BCUT2D eigenvalue weighted by atomic mass is 16.5. The van der Waals surface area contributed by atoms with Crippen LogP contribution in [0.5, 0.6) is 0 Å². The SMILES string of the molecule is CCCNC(CC1CCOC1)c1ccc(CCC)cc1. The Balaban J connectivity index is 1.99. The molecule has 1 saturated heterocycles. The lowest BCUT2D eigenvalue weighted by Crippen LogP contribution is -2.24. The molecule has 2 atom stereocenters. The van der Waals surface area contributed by atoms with Gasteiger partial charge in [-0.1, -0.05) is 44.5 Å². The smallest absolute Gasteiger partial charge is 0.0495 e. The van der Waals surface area contributed by atoms with Crippen LogP contribution in [-0.4, -0.2) is 19.8 Å². The van der Waals surface area contributed by atoms with Crippen LogP contribution >= 0.6 is 0 Å². The molecule has 20 heavy (non-hydrogen) atoms. The van der Waals surface area contributed by atoms with Crippen molar-refractivity contribution >= 4 is 0 Å². The maximum Gasteiger partial charge on any atom is 0.0495 e. The number of ether oxygens (including phenoxy) is 1. The van der Waals surface area contributed by atoms with Crippen molar-refractivity contribution in [2.45, 2.75) is 52.0 Å². The third kappa shape index (κ3) is 4.60. The van der Waals surface area contributed by atoms with E-state index in [1.54, 1.807) is 0 Å². The Hall–Kier alpha value is -0.860. The molecule has 1 aliphatic rings. The van der Waals surface area contributed by atoms with Gasteiger partial charge in [0, 0.05) is 19.3 Å². The third-order valence-electron chi connectivity index (χ3n) is 4.15. The molecule has 0 spiro atoms. The molecular formula is C18H29NO. The van der Waals surface area contributed by atoms with Gasteiger partial charge in [0.25, 0.3) is 0 Å². The van der Waals surface area contributed by atoms with Crippen LogP contribution in [0, 0.1) is 5.92 Å². The van der Waals surface area contributed by atoms with E-state index in [0.29, 0.717) is 6.04 Å². The van der Waals surface area contributed by atoms with Gasteiger partial charge in [0.05, 0.1) is 0 Å². The molecule has 1 N–H and O–H groups in total. The lowest BCUT2D eigenvalue weighted by atomic mass is 9.93. The van der Waals surface area contributed by atoms with Crippen molar-refractivity contribution in [2.24, 2.45) is 5.92 Å². The molecule has 1 aromatic rings. The fourth-order valence-corrected chi connectivity index (χ4v) is 2.96. The minimum atomic E-state index is 0.484. The summed E-state index contributed by atoms with van der Waals surface area (Å²) in [5.41, 5.74) is 2.89. The Morgan fingerprint density at radius 3 is 2.60 bits per heavy atom. The van der Waals surface area contributed by atoms with Crippen molar-refractivity contribution in [2.75, 3.05) is 19.8 Å². The maximum absolute atomic E-state index is 5.52. The van der Waals surface area contributed by atoms with E-state index in [1.165, 1.54) is 43.2 Å². The van der Waals surface area contributed by atoms with E-state index in [2.05, 4.69) is 43.4 Å². The van der Waals surface area contributed by atoms with Crippen LogP contribution in [0.1, 0.15) is 56.7 Å². The third-order valence-corrected chi connectivity index (χ3v) is 4.15. The Morgan fingerprint density at radius 1 is 1.20 bits per heavy atom. The van der Waals surface area contributed by atoms with Crippen LogP contribution in [0.3, 0.4) is 0 Å². The van der Waals surface area contributed by atoms with E-state index in [-0.39, 0.29) is 0 Å². The Morgan fingerprint density at radius 2 is 2.00 bits per heavy atom. The summed E-state index contributed by atoms with van der Waals surface area (Å²) in [5.74, 6) is 0.722. The first-order chi connectivity index (χ1) is 9.83. The highest BCUT2D eigenvalue weighted by Crippen LogP contribution is 2.27. The molecule has 1 aliphatic heterocycles. The van der Waals surface area contributed by atoms with Gasteiger partial charge in [0.2, 0.25) is 0 Å². The highest BCUT2D eigenvalue weighted by molar-refractivity contribution is 5.25. The highest BCUT2D eigenvalue weighted by Gasteiger charge is 2.21. The van der Waals surface area contributed by atoms with E-state index in [9.17, 15) is 0 Å². The predicted octanol–water partition coefficient (Wildman–Crippen LogP) is 4.11. The summed E-state index contributed by atoms with van der Waals surface area (Å²) in [6, 6.07) is 9.70. The first-order valence-corrected chi connectivity index (χ1v) is 8.23. The molecule has 2 heteroatoms. The maximum atomic E-state index is 5.52. The zero-order valence-corrected chi connectivity index (χ0v) is 13.0. The van der Waals surface area contributed by atoms with Crippen LogP contribution < -0.4 is 5.32 Å². The zero-order chi connectivity index (χ0) is 14.2. The van der Waals surface area contributed by atoms with E-state index < -0.39 is 0 Å². The molecule has 112 valence electrons. The molecule has 2 unspecified atom stereocenters. The van der Waals surface area contributed by atoms with Crippen LogP contribution in [0.4, 0.5) is 0 Å². The molecular weight excluding hydrogens is 246 g/mol. The second kappa shape index (κ2) is 8.43. The Kier molecular flexibility index (Phi) is 6.55. The molecule has 0 aliphatic carbocycles. The number of hydrogen-bond donors (Lipinski definition) is 1. The van der Waals surface area contributed by atoms with Crippen LogP contribution in [0.25, 0.3) is 0 Å². The molecule has 0 bridgehead atoms. The van der Waals surface area contributed by atoms with Crippen LogP contribution in [0.15, 0.2) is 24.3 Å². The largest absolute Gasteiger partial charge is 0.381 e. The van der Waals surface area contributed by atoms with Crippen molar-refractivity contribution in [1.82, 2.24) is 5.32 Å². The van der Waals surface area contributed by atoms with Gasteiger partial charge >= 0.3 is 0 Å². The minimum absolute atomic E-state index is 0.484. The van der Waals surface area contributed by atoms with Crippen molar-refractivity contribution in [3.8, 4) is 0 Å². The summed E-state index contributed by atoms with van der Waals surface area (Å²) in [6.45, 7) is 7.44. The van der Waals surface area contributed by atoms with E-state index >= 15 is 0 Å². The number of nitrogens with one attached hydrogen (secondary N) is 1. The Bertz CT molecular complexity index is 368. The molecule has 2 nitrogen and oxygen atoms in total. The predicted molar refractivity (Wildman–Crippen MR) is 85.0 cm³/mol. The fraction of sp³-hybridized carbons (Fsp3) is 0.667. The van der Waals surface area contributed by atoms with E-state index in [4.69, 9.17) is 4.74 Å². The average molecular weight is 275 g/mol. The monoisotopic (exact) mass is 275 g/mol. The van der Waals surface area contributed by atoms with E-state index in [1.807, 2.05) is 0 Å². The molecule has 0 saturated carbocycles. The van der Waals surface area contributed by atoms with Crippen molar-refractivity contribution in [3.05, 3.63) is 35.4 Å². The molecule has 2 rings (SSSR count). The second-order valence-corrected chi connectivity index (χ2v) is 5.96. The topological polar surface area (TPSA) is 21.3 Å². The lowest BCUT2D eigenvalue weighted by molar-refractivity contribution is 0.181. The van der Waals surface area contributed by atoms with Gasteiger partial charge in [-0.05, 0) is 49.3 Å². The van der Waals surface area contributed by atoms with Crippen molar-refractivity contribution in [1.29, 1.82) is 0 Å². The summed E-state index contributed by atoms with van der Waals surface area (Å²) in [7, 11) is 0. The minimum Gasteiger partial charge on any atom is -0.381 e. The average Bonchev–Trinajstić information content (AvgIpc) is 2.98. The summed E-state index contributed by atoms with van der Waals surface area (Å²) in [5, 5.41) is 3.71. The van der Waals surface area contributed by atoms with Gasteiger partial charge in [-0.15, -0.1) is 0 Å². The first kappa shape index (κ1) is 15.5. The fourth-order valence-electron chi connectivity index (χ4n) is 2.96. The standard InChI is InChI=1S/C18H29NO/c1-3-5-15-6-8-17(9-7-15)18(19-11-4-2)13-16-10-12-20-14-16/h6-9,16,18-19H,3-5,10-14H2,1-2H3. The van der Waals surface area contributed by atoms with Crippen LogP contribution in [0.2, 0.25) is 0 Å².